The molecule has 2 rings (SSSR count). The topological polar surface area (TPSA) is 65.0 Å². The lowest BCUT2D eigenvalue weighted by Gasteiger charge is -2.08. The number of aromatic hydroxyl groups is 1. The van der Waals surface area contributed by atoms with Crippen LogP contribution in [0.15, 0.2) is 46.9 Å². The van der Waals surface area contributed by atoms with Crippen molar-refractivity contribution in [3.8, 4) is 17.2 Å². The number of hydrogen-bond donors (Lipinski definition) is 1. The Kier molecular flexibility index (Phi) is 6.89. The fourth-order valence-electron chi connectivity index (χ4n) is 2.07. The summed E-state index contributed by atoms with van der Waals surface area (Å²) in [5.41, 5.74) is 1.72. The van der Waals surface area contributed by atoms with Crippen LogP contribution in [0.25, 0.3) is 6.08 Å². The van der Waals surface area contributed by atoms with Gasteiger partial charge in [-0.2, -0.15) is 0 Å². The molecule has 0 unspecified atom stereocenters. The number of esters is 1. The van der Waals surface area contributed by atoms with E-state index in [4.69, 9.17) is 14.2 Å². The highest BCUT2D eigenvalue weighted by Gasteiger charge is 2.07. The molecule has 0 heterocycles. The van der Waals surface area contributed by atoms with Crippen LogP contribution in [-0.2, 0) is 9.53 Å². The van der Waals surface area contributed by atoms with Crippen LogP contribution in [0.3, 0.4) is 0 Å². The van der Waals surface area contributed by atoms with Crippen molar-refractivity contribution in [2.45, 2.75) is 6.92 Å². The van der Waals surface area contributed by atoms with E-state index in [1.807, 2.05) is 31.2 Å². The number of halogens is 1. The predicted molar refractivity (Wildman–Crippen MR) is 99.0 cm³/mol. The highest BCUT2D eigenvalue weighted by molar-refractivity contribution is 9.10. The van der Waals surface area contributed by atoms with Gasteiger partial charge in [0.1, 0.15) is 19.0 Å². The molecule has 0 saturated carbocycles. The lowest BCUT2D eigenvalue weighted by molar-refractivity contribution is -0.138. The van der Waals surface area contributed by atoms with E-state index in [0.29, 0.717) is 15.8 Å². The van der Waals surface area contributed by atoms with E-state index in [-0.39, 0.29) is 19.0 Å². The Morgan fingerprint density at radius 2 is 1.96 bits per heavy atom. The van der Waals surface area contributed by atoms with Gasteiger partial charge >= 0.3 is 5.97 Å². The molecule has 6 heteroatoms. The second kappa shape index (κ2) is 9.13. The molecular weight excluding hydrogens is 388 g/mol. The first-order valence-electron chi connectivity index (χ1n) is 7.61. The Hall–Kier alpha value is -2.47. The number of benzene rings is 2. The first kappa shape index (κ1) is 18.9. The van der Waals surface area contributed by atoms with Crippen LogP contribution in [-0.4, -0.2) is 31.4 Å². The normalized spacial score (nSPS) is 10.7. The zero-order valence-corrected chi connectivity index (χ0v) is 15.6. The Bertz CT molecular complexity index is 770. The number of carbonyl (C=O) groups is 1. The third kappa shape index (κ3) is 5.53. The molecule has 1 N–H and O–H groups in total. The first-order chi connectivity index (χ1) is 12.0. The van der Waals surface area contributed by atoms with Gasteiger partial charge in [0.2, 0.25) is 0 Å². The average molecular weight is 407 g/mol. The molecule has 132 valence electrons. The van der Waals surface area contributed by atoms with Crippen LogP contribution in [0, 0.1) is 6.92 Å². The number of methoxy groups -OCH3 is 1. The maximum absolute atomic E-state index is 11.7. The molecule has 25 heavy (non-hydrogen) atoms. The summed E-state index contributed by atoms with van der Waals surface area (Å²) in [6, 6.07) is 10.9. The van der Waals surface area contributed by atoms with Crippen LogP contribution in [0.4, 0.5) is 0 Å². The smallest absolute Gasteiger partial charge is 0.330 e. The monoisotopic (exact) mass is 406 g/mol. The van der Waals surface area contributed by atoms with Gasteiger partial charge in [-0.3, -0.25) is 0 Å². The average Bonchev–Trinajstić information content (AvgIpc) is 2.61. The number of aryl methyl sites for hydroxylation is 1. The number of para-hydroxylation sites is 1. The first-order valence-corrected chi connectivity index (χ1v) is 8.40. The summed E-state index contributed by atoms with van der Waals surface area (Å²) in [5.74, 6) is 0.622. The van der Waals surface area contributed by atoms with E-state index >= 15 is 0 Å². The van der Waals surface area contributed by atoms with Crippen molar-refractivity contribution in [3.05, 3.63) is 58.1 Å². The Balaban J connectivity index is 1.83. The Labute approximate surface area is 155 Å². The molecule has 0 atom stereocenters. The van der Waals surface area contributed by atoms with Crippen LogP contribution in [0.2, 0.25) is 0 Å². The van der Waals surface area contributed by atoms with Gasteiger partial charge in [0.15, 0.2) is 11.5 Å². The second-order valence-electron chi connectivity index (χ2n) is 5.17. The molecule has 2 aromatic rings. The van der Waals surface area contributed by atoms with Gasteiger partial charge in [0, 0.05) is 6.08 Å². The molecule has 0 amide bonds. The minimum absolute atomic E-state index is 0.00980. The molecule has 0 aliphatic carbocycles. The minimum atomic E-state index is -0.475. The van der Waals surface area contributed by atoms with Crippen LogP contribution >= 0.6 is 15.9 Å². The van der Waals surface area contributed by atoms with Gasteiger partial charge in [0.05, 0.1) is 11.6 Å². The zero-order valence-electron chi connectivity index (χ0n) is 14.0. The van der Waals surface area contributed by atoms with Crippen molar-refractivity contribution in [2.24, 2.45) is 0 Å². The van der Waals surface area contributed by atoms with Crippen LogP contribution in [0.1, 0.15) is 11.1 Å². The quantitative estimate of drug-likeness (QED) is 0.425. The summed E-state index contributed by atoms with van der Waals surface area (Å²) in [6.45, 7) is 2.39. The third-order valence-electron chi connectivity index (χ3n) is 3.36. The summed E-state index contributed by atoms with van der Waals surface area (Å²) < 4.78 is 16.2. The van der Waals surface area contributed by atoms with Crippen molar-refractivity contribution in [2.75, 3.05) is 20.3 Å². The second-order valence-corrected chi connectivity index (χ2v) is 6.02. The standard InChI is InChI=1S/C19H19BrO5/c1-13-5-3-4-6-16(13)24-9-10-25-18(21)8-7-14-11-15(20)19(22)17(12-14)23-2/h3-8,11-12,22H,9-10H2,1-2H3/b8-7+. The zero-order chi connectivity index (χ0) is 18.2. The number of phenols is 1. The molecular formula is C19H19BrO5. The number of hydrogen-bond acceptors (Lipinski definition) is 5. The number of carbonyl (C=O) groups excluding carboxylic acids is 1. The molecule has 0 spiro atoms. The van der Waals surface area contributed by atoms with E-state index in [9.17, 15) is 9.90 Å². The fraction of sp³-hybridized carbons (Fsp3) is 0.211. The van der Waals surface area contributed by atoms with Crippen molar-refractivity contribution >= 4 is 28.0 Å². The van der Waals surface area contributed by atoms with Gasteiger partial charge in [-0.1, -0.05) is 18.2 Å². The van der Waals surface area contributed by atoms with Crippen molar-refractivity contribution in [1.82, 2.24) is 0 Å². The molecule has 0 saturated heterocycles. The Morgan fingerprint density at radius 3 is 2.68 bits per heavy atom. The third-order valence-corrected chi connectivity index (χ3v) is 3.97. The molecule has 0 aliphatic rings. The highest BCUT2D eigenvalue weighted by atomic mass is 79.9. The molecule has 0 fully saturated rings. The Morgan fingerprint density at radius 1 is 1.20 bits per heavy atom. The highest BCUT2D eigenvalue weighted by Crippen LogP contribution is 2.35. The largest absolute Gasteiger partial charge is 0.503 e. The van der Waals surface area contributed by atoms with E-state index < -0.39 is 5.97 Å². The molecule has 5 nitrogen and oxygen atoms in total. The number of phenolic OH excluding ortho intramolecular Hbond substituents is 1. The van der Waals surface area contributed by atoms with Gasteiger partial charge < -0.3 is 19.3 Å². The van der Waals surface area contributed by atoms with Crippen molar-refractivity contribution < 1.29 is 24.1 Å². The lowest BCUT2D eigenvalue weighted by Crippen LogP contribution is -2.10. The summed E-state index contributed by atoms with van der Waals surface area (Å²) in [4.78, 5) is 11.7. The summed E-state index contributed by atoms with van der Waals surface area (Å²) in [5, 5.41) is 9.75. The maximum Gasteiger partial charge on any atom is 0.330 e. The summed E-state index contributed by atoms with van der Waals surface area (Å²) >= 11 is 3.23. The molecule has 0 radical (unpaired) electrons. The SMILES string of the molecule is COc1cc(/C=C/C(=O)OCCOc2ccccc2C)cc(Br)c1O. The maximum atomic E-state index is 11.7. The van der Waals surface area contributed by atoms with Gasteiger partial charge in [-0.05, 0) is 58.3 Å². The van der Waals surface area contributed by atoms with E-state index in [2.05, 4.69) is 15.9 Å². The van der Waals surface area contributed by atoms with Gasteiger partial charge in [-0.15, -0.1) is 0 Å². The van der Waals surface area contributed by atoms with Crippen molar-refractivity contribution in [1.29, 1.82) is 0 Å². The number of rotatable bonds is 7. The fourth-order valence-corrected chi connectivity index (χ4v) is 2.53. The van der Waals surface area contributed by atoms with Gasteiger partial charge in [-0.25, -0.2) is 4.79 Å². The molecule has 0 aromatic heterocycles. The minimum Gasteiger partial charge on any atom is -0.503 e. The predicted octanol–water partition coefficient (Wildman–Crippen LogP) is 4.11. The summed E-state index contributed by atoms with van der Waals surface area (Å²) in [6.07, 6.45) is 2.89. The molecule has 0 bridgehead atoms. The van der Waals surface area contributed by atoms with Gasteiger partial charge in [0.25, 0.3) is 0 Å². The van der Waals surface area contributed by atoms with Crippen molar-refractivity contribution in [3.63, 3.8) is 0 Å². The molecule has 2 aromatic carbocycles. The summed E-state index contributed by atoms with van der Waals surface area (Å²) in [7, 11) is 1.46. The van der Waals surface area contributed by atoms with Crippen LogP contribution in [0.5, 0.6) is 17.2 Å². The lowest BCUT2D eigenvalue weighted by atomic mass is 10.2. The molecule has 0 aliphatic heterocycles. The number of ether oxygens (including phenoxy) is 3. The van der Waals surface area contributed by atoms with Crippen LogP contribution < -0.4 is 9.47 Å². The van der Waals surface area contributed by atoms with E-state index in [0.717, 1.165) is 11.3 Å². The van der Waals surface area contributed by atoms with E-state index in [1.165, 1.54) is 13.2 Å². The van der Waals surface area contributed by atoms with E-state index in [1.54, 1.807) is 18.2 Å².